The molecule has 0 aliphatic carbocycles. The number of piperazine rings is 1. The number of benzene rings is 3. The molecule has 178 valence electrons. The molecular formula is C24H21BrCl2N2O3S2. The van der Waals surface area contributed by atoms with Gasteiger partial charge in [-0.05, 0) is 54.1 Å². The van der Waals surface area contributed by atoms with Crippen LogP contribution >= 0.6 is 50.9 Å². The number of carbonyl (C=O) groups is 1. The van der Waals surface area contributed by atoms with Gasteiger partial charge >= 0.3 is 0 Å². The molecule has 1 aliphatic rings. The summed E-state index contributed by atoms with van der Waals surface area (Å²) in [5.41, 5.74) is 1.55. The number of amides is 1. The predicted molar refractivity (Wildman–Crippen MR) is 141 cm³/mol. The lowest BCUT2D eigenvalue weighted by molar-refractivity contribution is 0.0698. The molecule has 3 aromatic carbocycles. The van der Waals surface area contributed by atoms with Crippen molar-refractivity contribution < 1.29 is 13.2 Å². The van der Waals surface area contributed by atoms with Gasteiger partial charge in [0.1, 0.15) is 0 Å². The maximum Gasteiger partial charge on any atom is 0.253 e. The Morgan fingerprint density at radius 1 is 0.912 bits per heavy atom. The zero-order chi connectivity index (χ0) is 24.3. The van der Waals surface area contributed by atoms with Crippen LogP contribution in [0.3, 0.4) is 0 Å². The molecule has 3 aromatic rings. The molecule has 0 spiro atoms. The van der Waals surface area contributed by atoms with Gasteiger partial charge in [0.05, 0.1) is 14.9 Å². The van der Waals surface area contributed by atoms with Gasteiger partial charge < -0.3 is 4.90 Å². The summed E-state index contributed by atoms with van der Waals surface area (Å²) in [5, 5.41) is 1.20. The van der Waals surface area contributed by atoms with Gasteiger partial charge in [-0.3, -0.25) is 4.79 Å². The van der Waals surface area contributed by atoms with E-state index < -0.39 is 10.0 Å². The maximum absolute atomic E-state index is 13.1. The van der Waals surface area contributed by atoms with Crippen molar-refractivity contribution in [3.63, 3.8) is 0 Å². The van der Waals surface area contributed by atoms with E-state index in [0.717, 1.165) is 14.9 Å². The van der Waals surface area contributed by atoms with Crippen molar-refractivity contribution in [2.24, 2.45) is 0 Å². The van der Waals surface area contributed by atoms with Gasteiger partial charge in [0.25, 0.3) is 5.91 Å². The molecule has 0 saturated carbocycles. The summed E-state index contributed by atoms with van der Waals surface area (Å²) in [6, 6.07) is 19.4. The van der Waals surface area contributed by atoms with E-state index in [4.69, 9.17) is 23.2 Å². The van der Waals surface area contributed by atoms with E-state index in [0.29, 0.717) is 34.5 Å². The molecule has 4 rings (SSSR count). The molecule has 1 heterocycles. The monoisotopic (exact) mass is 598 g/mol. The molecule has 0 radical (unpaired) electrons. The third-order valence-corrected chi connectivity index (χ3v) is 9.96. The number of carbonyl (C=O) groups excluding carboxylic acids is 1. The fourth-order valence-electron chi connectivity index (χ4n) is 3.64. The Bertz CT molecular complexity index is 1280. The molecule has 5 nitrogen and oxygen atoms in total. The SMILES string of the molecule is O=C(c1cccc(CSc2c(Cl)cccc2Cl)c1)N1CCN(S(=O)(=O)c2ccc(Br)cc2)CC1. The van der Waals surface area contributed by atoms with E-state index in [9.17, 15) is 13.2 Å². The normalized spacial score (nSPS) is 14.9. The van der Waals surface area contributed by atoms with Crippen molar-refractivity contribution in [1.29, 1.82) is 0 Å². The summed E-state index contributed by atoms with van der Waals surface area (Å²) in [5.74, 6) is 0.507. The summed E-state index contributed by atoms with van der Waals surface area (Å²) in [4.78, 5) is 15.9. The van der Waals surface area contributed by atoms with Gasteiger partial charge in [-0.1, -0.05) is 57.3 Å². The van der Waals surface area contributed by atoms with Crippen LogP contribution < -0.4 is 0 Å². The largest absolute Gasteiger partial charge is 0.336 e. The number of sulfonamides is 1. The second kappa shape index (κ2) is 11.0. The molecule has 1 amide bonds. The number of thioether (sulfide) groups is 1. The quantitative estimate of drug-likeness (QED) is 0.317. The van der Waals surface area contributed by atoms with Gasteiger partial charge in [0, 0.05) is 46.9 Å². The smallest absolute Gasteiger partial charge is 0.253 e. The first-order valence-corrected chi connectivity index (χ1v) is 14.4. The van der Waals surface area contributed by atoms with Crippen LogP contribution in [-0.2, 0) is 15.8 Å². The zero-order valence-corrected chi connectivity index (χ0v) is 22.7. The highest BCUT2D eigenvalue weighted by atomic mass is 79.9. The van der Waals surface area contributed by atoms with E-state index >= 15 is 0 Å². The lowest BCUT2D eigenvalue weighted by Gasteiger charge is -2.34. The standard InChI is InChI=1S/C24H21BrCl2N2O3S2/c25-19-7-9-20(10-8-19)34(31,32)29-13-11-28(12-14-29)24(30)18-4-1-3-17(15-18)16-33-23-21(26)5-2-6-22(23)27/h1-10,15H,11-14,16H2. The second-order valence-electron chi connectivity index (χ2n) is 7.69. The van der Waals surface area contributed by atoms with Crippen molar-refractivity contribution in [1.82, 2.24) is 9.21 Å². The third kappa shape index (κ3) is 5.80. The van der Waals surface area contributed by atoms with Gasteiger partial charge in [0.2, 0.25) is 10.0 Å². The van der Waals surface area contributed by atoms with Crippen molar-refractivity contribution in [3.8, 4) is 0 Å². The van der Waals surface area contributed by atoms with Crippen LogP contribution in [0.1, 0.15) is 15.9 Å². The van der Waals surface area contributed by atoms with Crippen LogP contribution in [0.2, 0.25) is 10.0 Å². The molecule has 1 aliphatic heterocycles. The summed E-state index contributed by atoms with van der Waals surface area (Å²) in [6.45, 7) is 1.18. The Balaban J connectivity index is 1.39. The molecule has 1 saturated heterocycles. The third-order valence-electron chi connectivity index (χ3n) is 5.45. The highest BCUT2D eigenvalue weighted by Gasteiger charge is 2.30. The van der Waals surface area contributed by atoms with E-state index in [-0.39, 0.29) is 23.9 Å². The Morgan fingerprint density at radius 3 is 2.18 bits per heavy atom. The fraction of sp³-hybridized carbons (Fsp3) is 0.208. The van der Waals surface area contributed by atoms with Gasteiger partial charge in [-0.2, -0.15) is 4.31 Å². The Kier molecular flexibility index (Phi) is 8.28. The molecular weight excluding hydrogens is 579 g/mol. The molecule has 10 heteroatoms. The van der Waals surface area contributed by atoms with E-state index in [1.54, 1.807) is 53.4 Å². The van der Waals surface area contributed by atoms with Gasteiger partial charge in [-0.25, -0.2) is 8.42 Å². The van der Waals surface area contributed by atoms with Crippen molar-refractivity contribution in [2.75, 3.05) is 26.2 Å². The highest BCUT2D eigenvalue weighted by molar-refractivity contribution is 9.10. The topological polar surface area (TPSA) is 57.7 Å². The molecule has 0 unspecified atom stereocenters. The first-order valence-electron chi connectivity index (χ1n) is 10.5. The summed E-state index contributed by atoms with van der Waals surface area (Å²) in [7, 11) is -3.59. The maximum atomic E-state index is 13.1. The average molecular weight is 600 g/mol. The van der Waals surface area contributed by atoms with E-state index in [1.165, 1.54) is 16.1 Å². The highest BCUT2D eigenvalue weighted by Crippen LogP contribution is 2.35. The zero-order valence-electron chi connectivity index (χ0n) is 18.0. The van der Waals surface area contributed by atoms with Crippen LogP contribution in [0.5, 0.6) is 0 Å². The minimum Gasteiger partial charge on any atom is -0.336 e. The number of hydrogen-bond acceptors (Lipinski definition) is 4. The first-order chi connectivity index (χ1) is 16.3. The first kappa shape index (κ1) is 25.5. The fourth-order valence-corrected chi connectivity index (χ4v) is 6.95. The summed E-state index contributed by atoms with van der Waals surface area (Å²) >= 11 is 17.3. The number of nitrogens with zero attached hydrogens (tertiary/aromatic N) is 2. The minimum atomic E-state index is -3.59. The van der Waals surface area contributed by atoms with Crippen molar-refractivity contribution >= 4 is 66.8 Å². The number of rotatable bonds is 6. The molecule has 34 heavy (non-hydrogen) atoms. The average Bonchev–Trinajstić information content (AvgIpc) is 2.84. The predicted octanol–water partition coefficient (Wildman–Crippen LogP) is 6.19. The van der Waals surface area contributed by atoms with E-state index in [2.05, 4.69) is 15.9 Å². The summed E-state index contributed by atoms with van der Waals surface area (Å²) in [6.07, 6.45) is 0. The van der Waals surface area contributed by atoms with Gasteiger partial charge in [0.15, 0.2) is 0 Å². The van der Waals surface area contributed by atoms with Gasteiger partial charge in [-0.15, -0.1) is 11.8 Å². The minimum absolute atomic E-state index is 0.108. The van der Waals surface area contributed by atoms with Crippen LogP contribution in [0.25, 0.3) is 0 Å². The molecule has 0 aromatic heterocycles. The Labute approximate surface area is 222 Å². The Morgan fingerprint density at radius 2 is 1.53 bits per heavy atom. The van der Waals surface area contributed by atoms with Crippen molar-refractivity contribution in [2.45, 2.75) is 15.5 Å². The lowest BCUT2D eigenvalue weighted by atomic mass is 10.1. The van der Waals surface area contributed by atoms with Crippen LogP contribution in [0, 0.1) is 0 Å². The lowest BCUT2D eigenvalue weighted by Crippen LogP contribution is -2.50. The molecule has 0 N–H and O–H groups in total. The van der Waals surface area contributed by atoms with Crippen LogP contribution in [-0.4, -0.2) is 49.7 Å². The van der Waals surface area contributed by atoms with E-state index in [1.807, 2.05) is 18.2 Å². The van der Waals surface area contributed by atoms with Crippen LogP contribution in [0.4, 0.5) is 0 Å². The second-order valence-corrected chi connectivity index (χ2v) is 12.3. The molecule has 0 atom stereocenters. The van der Waals surface area contributed by atoms with Crippen LogP contribution in [0.15, 0.2) is 81.0 Å². The summed E-state index contributed by atoms with van der Waals surface area (Å²) < 4.78 is 28.1. The number of hydrogen-bond donors (Lipinski definition) is 0. The Hall–Kier alpha value is -1.55. The number of halogens is 3. The van der Waals surface area contributed by atoms with Crippen molar-refractivity contribution in [3.05, 3.63) is 92.4 Å². The molecule has 0 bridgehead atoms. The molecule has 1 fully saturated rings.